The van der Waals surface area contributed by atoms with Crippen molar-refractivity contribution in [1.29, 1.82) is 5.26 Å². The Kier molecular flexibility index (Phi) is 5.63. The Hall–Kier alpha value is -2.87. The van der Waals surface area contributed by atoms with Crippen LogP contribution in [0.3, 0.4) is 0 Å². The summed E-state index contributed by atoms with van der Waals surface area (Å²) in [6, 6.07) is 13.1. The largest absolute Gasteiger partial charge is 0.382 e. The van der Waals surface area contributed by atoms with Crippen LogP contribution in [0.25, 0.3) is 0 Å². The van der Waals surface area contributed by atoms with E-state index in [0.29, 0.717) is 23.0 Å². The number of rotatable bonds is 4. The maximum Gasteiger partial charge on any atom is 0.274 e. The van der Waals surface area contributed by atoms with Crippen LogP contribution in [0.5, 0.6) is 0 Å². The first-order chi connectivity index (χ1) is 12.2. The highest BCUT2D eigenvalue weighted by molar-refractivity contribution is 6.03. The van der Waals surface area contributed by atoms with Crippen LogP contribution >= 0.6 is 0 Å². The van der Waals surface area contributed by atoms with Gasteiger partial charge in [0.05, 0.1) is 11.6 Å². The van der Waals surface area contributed by atoms with Gasteiger partial charge in [-0.2, -0.15) is 5.26 Å². The van der Waals surface area contributed by atoms with E-state index in [1.165, 1.54) is 38.5 Å². The standard InChI is InChI=1S/C20H22N4O/c21-14-15-6-5-9-17(12-15)24-20(25)19-13-18(10-11-22-19)23-16-7-3-1-2-4-8-16/h5-6,9-13,16H,1-4,7-8H2,(H,22,23)(H,24,25). The van der Waals surface area contributed by atoms with Crippen molar-refractivity contribution in [2.45, 2.75) is 44.6 Å². The number of nitrogens with one attached hydrogen (secondary N) is 2. The molecule has 0 aliphatic heterocycles. The lowest BCUT2D eigenvalue weighted by molar-refractivity contribution is 0.102. The molecule has 128 valence electrons. The van der Waals surface area contributed by atoms with E-state index in [1.54, 1.807) is 36.5 Å². The van der Waals surface area contributed by atoms with Crippen LogP contribution < -0.4 is 10.6 Å². The third kappa shape index (κ3) is 4.80. The quantitative estimate of drug-likeness (QED) is 0.815. The molecule has 0 radical (unpaired) electrons. The molecule has 1 saturated carbocycles. The summed E-state index contributed by atoms with van der Waals surface area (Å²) >= 11 is 0. The lowest BCUT2D eigenvalue weighted by atomic mass is 10.1. The molecule has 2 aromatic rings. The predicted molar refractivity (Wildman–Crippen MR) is 98.5 cm³/mol. The molecule has 2 N–H and O–H groups in total. The van der Waals surface area contributed by atoms with E-state index in [9.17, 15) is 4.79 Å². The second kappa shape index (κ2) is 8.29. The zero-order valence-corrected chi connectivity index (χ0v) is 14.2. The predicted octanol–water partition coefficient (Wildman–Crippen LogP) is 4.34. The molecule has 1 aliphatic carbocycles. The van der Waals surface area contributed by atoms with Crippen LogP contribution in [0, 0.1) is 11.3 Å². The summed E-state index contributed by atoms with van der Waals surface area (Å²) in [5.41, 5.74) is 2.39. The fourth-order valence-electron chi connectivity index (χ4n) is 3.17. The van der Waals surface area contributed by atoms with Crippen molar-refractivity contribution < 1.29 is 4.79 Å². The van der Waals surface area contributed by atoms with Crippen LogP contribution in [0.15, 0.2) is 42.6 Å². The van der Waals surface area contributed by atoms with Crippen molar-refractivity contribution in [2.75, 3.05) is 10.6 Å². The maximum atomic E-state index is 12.4. The van der Waals surface area contributed by atoms with E-state index >= 15 is 0 Å². The smallest absolute Gasteiger partial charge is 0.274 e. The van der Waals surface area contributed by atoms with Crippen LogP contribution in [-0.2, 0) is 0 Å². The van der Waals surface area contributed by atoms with Crippen molar-refractivity contribution >= 4 is 17.3 Å². The highest BCUT2D eigenvalue weighted by Crippen LogP contribution is 2.21. The van der Waals surface area contributed by atoms with Crippen LogP contribution in [-0.4, -0.2) is 16.9 Å². The zero-order chi connectivity index (χ0) is 17.5. The van der Waals surface area contributed by atoms with Gasteiger partial charge in [0.2, 0.25) is 0 Å². The fourth-order valence-corrected chi connectivity index (χ4v) is 3.17. The van der Waals surface area contributed by atoms with Crippen LogP contribution in [0.4, 0.5) is 11.4 Å². The number of hydrogen-bond donors (Lipinski definition) is 2. The summed E-state index contributed by atoms with van der Waals surface area (Å²) in [7, 11) is 0. The zero-order valence-electron chi connectivity index (χ0n) is 14.2. The first-order valence-corrected chi connectivity index (χ1v) is 8.79. The minimum absolute atomic E-state index is 0.278. The Balaban J connectivity index is 1.67. The third-order valence-corrected chi connectivity index (χ3v) is 4.47. The van der Waals surface area contributed by atoms with E-state index in [-0.39, 0.29) is 5.91 Å². The third-order valence-electron chi connectivity index (χ3n) is 4.47. The summed E-state index contributed by atoms with van der Waals surface area (Å²) in [6.07, 6.45) is 9.12. The second-order valence-corrected chi connectivity index (χ2v) is 6.41. The molecule has 1 fully saturated rings. The van der Waals surface area contributed by atoms with Crippen LogP contribution in [0.1, 0.15) is 54.6 Å². The number of carbonyl (C=O) groups excluding carboxylic acids is 1. The molecule has 25 heavy (non-hydrogen) atoms. The number of aromatic nitrogens is 1. The Bertz CT molecular complexity index is 773. The topological polar surface area (TPSA) is 77.8 Å². The molecule has 1 amide bonds. The van der Waals surface area contributed by atoms with Crippen LogP contribution in [0.2, 0.25) is 0 Å². The summed E-state index contributed by atoms with van der Waals surface area (Å²) in [6.45, 7) is 0. The molecule has 5 heteroatoms. The van der Waals surface area contributed by atoms with Crippen molar-refractivity contribution in [1.82, 2.24) is 4.98 Å². The first-order valence-electron chi connectivity index (χ1n) is 8.79. The normalized spacial score (nSPS) is 15.0. The second-order valence-electron chi connectivity index (χ2n) is 6.41. The number of benzene rings is 1. The Morgan fingerprint density at radius 3 is 2.64 bits per heavy atom. The first kappa shape index (κ1) is 17.0. The van der Waals surface area contributed by atoms with Gasteiger partial charge in [-0.15, -0.1) is 0 Å². The highest BCUT2D eigenvalue weighted by Gasteiger charge is 2.14. The minimum atomic E-state index is -0.278. The Morgan fingerprint density at radius 1 is 1.08 bits per heavy atom. The summed E-state index contributed by atoms with van der Waals surface area (Å²) in [5.74, 6) is -0.278. The molecular formula is C20H22N4O. The van der Waals surface area contributed by atoms with Gasteiger partial charge in [-0.05, 0) is 43.2 Å². The van der Waals surface area contributed by atoms with Gasteiger partial charge in [-0.1, -0.05) is 31.7 Å². The van der Waals surface area contributed by atoms with E-state index in [4.69, 9.17) is 5.26 Å². The Morgan fingerprint density at radius 2 is 1.88 bits per heavy atom. The molecule has 0 atom stereocenters. The molecule has 0 saturated heterocycles. The van der Waals surface area contributed by atoms with E-state index < -0.39 is 0 Å². The van der Waals surface area contributed by atoms with Gasteiger partial charge in [0.25, 0.3) is 5.91 Å². The van der Waals surface area contributed by atoms with Gasteiger partial charge < -0.3 is 10.6 Å². The SMILES string of the molecule is N#Cc1cccc(NC(=O)c2cc(NC3CCCCCC3)ccn2)c1. The maximum absolute atomic E-state index is 12.4. The number of carbonyl (C=O) groups is 1. The van der Waals surface area contributed by atoms with Crippen molar-refractivity contribution in [3.8, 4) is 6.07 Å². The number of amides is 1. The molecule has 1 aromatic carbocycles. The number of nitriles is 1. The number of hydrogen-bond acceptors (Lipinski definition) is 4. The molecule has 1 aromatic heterocycles. The summed E-state index contributed by atoms with van der Waals surface area (Å²) < 4.78 is 0. The van der Waals surface area contributed by atoms with Gasteiger partial charge >= 0.3 is 0 Å². The van der Waals surface area contributed by atoms with E-state index in [1.807, 2.05) is 6.07 Å². The molecule has 5 nitrogen and oxygen atoms in total. The van der Waals surface area contributed by atoms with Crippen molar-refractivity contribution in [2.24, 2.45) is 0 Å². The number of anilines is 2. The molecular weight excluding hydrogens is 312 g/mol. The number of pyridine rings is 1. The summed E-state index contributed by atoms with van der Waals surface area (Å²) in [5, 5.41) is 15.3. The fraction of sp³-hybridized carbons (Fsp3) is 0.350. The average molecular weight is 334 g/mol. The molecule has 3 rings (SSSR count). The lowest BCUT2D eigenvalue weighted by Crippen LogP contribution is -2.19. The van der Waals surface area contributed by atoms with Gasteiger partial charge in [-0.25, -0.2) is 0 Å². The lowest BCUT2D eigenvalue weighted by Gasteiger charge is -2.17. The minimum Gasteiger partial charge on any atom is -0.382 e. The molecule has 0 bridgehead atoms. The number of nitrogens with zero attached hydrogens (tertiary/aromatic N) is 2. The average Bonchev–Trinajstić information content (AvgIpc) is 2.91. The molecule has 0 unspecified atom stereocenters. The van der Waals surface area contributed by atoms with Crippen molar-refractivity contribution in [3.63, 3.8) is 0 Å². The van der Waals surface area contributed by atoms with E-state index in [0.717, 1.165) is 5.69 Å². The van der Waals surface area contributed by atoms with Gasteiger partial charge in [0.15, 0.2) is 0 Å². The van der Waals surface area contributed by atoms with Gasteiger partial charge in [0.1, 0.15) is 5.69 Å². The molecule has 1 aliphatic rings. The monoisotopic (exact) mass is 334 g/mol. The Labute approximate surface area is 148 Å². The van der Waals surface area contributed by atoms with Gasteiger partial charge in [0, 0.05) is 23.6 Å². The highest BCUT2D eigenvalue weighted by atomic mass is 16.1. The van der Waals surface area contributed by atoms with Gasteiger partial charge in [-0.3, -0.25) is 9.78 Å². The summed E-state index contributed by atoms with van der Waals surface area (Å²) in [4.78, 5) is 16.6. The van der Waals surface area contributed by atoms with E-state index in [2.05, 4.69) is 21.7 Å². The molecule has 1 heterocycles. The molecule has 0 spiro atoms. The van der Waals surface area contributed by atoms with Crippen molar-refractivity contribution in [3.05, 3.63) is 53.9 Å².